The number of rotatable bonds is 1. The maximum atomic E-state index is 12.3. The van der Waals surface area contributed by atoms with Gasteiger partial charge < -0.3 is 10.2 Å². The predicted octanol–water partition coefficient (Wildman–Crippen LogP) is 4.24. The molecule has 0 aromatic heterocycles. The third kappa shape index (κ3) is 3.05. The molecule has 18 heavy (non-hydrogen) atoms. The SMILES string of the molecule is C[C@@H]1CCC[C@H](C)N1C(=O)Nc1cccc(Br)c1. The number of piperidine rings is 1. The molecule has 1 aromatic carbocycles. The zero-order valence-corrected chi connectivity index (χ0v) is 12.4. The van der Waals surface area contributed by atoms with Gasteiger partial charge in [0.15, 0.2) is 0 Å². The molecule has 1 saturated heterocycles. The van der Waals surface area contributed by atoms with Crippen molar-refractivity contribution in [3.8, 4) is 0 Å². The van der Waals surface area contributed by atoms with Crippen molar-refractivity contribution >= 4 is 27.6 Å². The number of hydrogen-bond acceptors (Lipinski definition) is 1. The summed E-state index contributed by atoms with van der Waals surface area (Å²) in [4.78, 5) is 14.3. The van der Waals surface area contributed by atoms with E-state index in [-0.39, 0.29) is 6.03 Å². The summed E-state index contributed by atoms with van der Waals surface area (Å²) in [6.07, 6.45) is 3.40. The van der Waals surface area contributed by atoms with Crippen molar-refractivity contribution in [1.29, 1.82) is 0 Å². The molecule has 0 aliphatic carbocycles. The number of hydrogen-bond donors (Lipinski definition) is 1. The minimum Gasteiger partial charge on any atom is -0.319 e. The molecule has 0 bridgehead atoms. The minimum atomic E-state index is 0.00722. The monoisotopic (exact) mass is 310 g/mol. The van der Waals surface area contributed by atoms with Crippen molar-refractivity contribution in [3.63, 3.8) is 0 Å². The normalized spacial score (nSPS) is 23.8. The van der Waals surface area contributed by atoms with Crippen LogP contribution in [0, 0.1) is 0 Å². The van der Waals surface area contributed by atoms with Crippen LogP contribution >= 0.6 is 15.9 Å². The number of carbonyl (C=O) groups is 1. The van der Waals surface area contributed by atoms with Gasteiger partial charge in [-0.1, -0.05) is 22.0 Å². The first-order chi connectivity index (χ1) is 8.58. The minimum absolute atomic E-state index is 0.00722. The van der Waals surface area contributed by atoms with Gasteiger partial charge in [0.05, 0.1) is 0 Å². The first-order valence-electron chi connectivity index (χ1n) is 6.43. The number of amides is 2. The van der Waals surface area contributed by atoms with Crippen LogP contribution in [0.4, 0.5) is 10.5 Å². The number of nitrogens with one attached hydrogen (secondary N) is 1. The van der Waals surface area contributed by atoms with E-state index in [4.69, 9.17) is 0 Å². The average Bonchev–Trinajstić information content (AvgIpc) is 2.28. The molecule has 1 fully saturated rings. The van der Waals surface area contributed by atoms with Crippen LogP contribution in [0.25, 0.3) is 0 Å². The van der Waals surface area contributed by atoms with E-state index in [0.717, 1.165) is 23.0 Å². The second-order valence-electron chi connectivity index (χ2n) is 4.98. The van der Waals surface area contributed by atoms with Gasteiger partial charge in [0.25, 0.3) is 0 Å². The Morgan fingerprint density at radius 1 is 1.33 bits per heavy atom. The third-order valence-electron chi connectivity index (χ3n) is 3.50. The Kier molecular flexibility index (Phi) is 4.27. The van der Waals surface area contributed by atoms with Crippen LogP contribution in [-0.4, -0.2) is 23.0 Å². The standard InChI is InChI=1S/C14H19BrN2O/c1-10-5-3-6-11(2)17(10)14(18)16-13-8-4-7-12(15)9-13/h4,7-11H,3,5-6H2,1-2H3,(H,16,18)/t10-,11+. The zero-order chi connectivity index (χ0) is 13.1. The number of likely N-dealkylation sites (tertiary alicyclic amines) is 1. The van der Waals surface area contributed by atoms with Gasteiger partial charge in [0.2, 0.25) is 0 Å². The van der Waals surface area contributed by atoms with E-state index in [0.29, 0.717) is 12.1 Å². The maximum absolute atomic E-state index is 12.3. The van der Waals surface area contributed by atoms with Crippen molar-refractivity contribution in [1.82, 2.24) is 4.90 Å². The Morgan fingerprint density at radius 3 is 2.61 bits per heavy atom. The van der Waals surface area contributed by atoms with Gasteiger partial charge in [-0.05, 0) is 51.3 Å². The summed E-state index contributed by atoms with van der Waals surface area (Å²) in [5, 5.41) is 2.97. The van der Waals surface area contributed by atoms with Gasteiger partial charge >= 0.3 is 6.03 Å². The van der Waals surface area contributed by atoms with Gasteiger partial charge in [-0.15, -0.1) is 0 Å². The molecule has 0 unspecified atom stereocenters. The van der Waals surface area contributed by atoms with Gasteiger partial charge in [-0.3, -0.25) is 0 Å². The number of urea groups is 1. The van der Waals surface area contributed by atoms with Crippen LogP contribution in [0.1, 0.15) is 33.1 Å². The molecule has 3 nitrogen and oxygen atoms in total. The van der Waals surface area contributed by atoms with Gasteiger partial charge in [-0.2, -0.15) is 0 Å². The molecular formula is C14H19BrN2O. The van der Waals surface area contributed by atoms with Crippen LogP contribution in [-0.2, 0) is 0 Å². The highest BCUT2D eigenvalue weighted by atomic mass is 79.9. The Labute approximate surface area is 117 Å². The summed E-state index contributed by atoms with van der Waals surface area (Å²) in [6.45, 7) is 4.24. The summed E-state index contributed by atoms with van der Waals surface area (Å²) in [7, 11) is 0. The molecule has 0 spiro atoms. The first kappa shape index (κ1) is 13.4. The maximum Gasteiger partial charge on any atom is 0.322 e. The molecule has 1 aromatic rings. The Hall–Kier alpha value is -1.03. The van der Waals surface area contributed by atoms with Crippen molar-refractivity contribution in [3.05, 3.63) is 28.7 Å². The van der Waals surface area contributed by atoms with Crippen LogP contribution < -0.4 is 5.32 Å². The van der Waals surface area contributed by atoms with E-state index in [1.807, 2.05) is 29.2 Å². The second-order valence-corrected chi connectivity index (χ2v) is 5.89. The van der Waals surface area contributed by atoms with Crippen molar-refractivity contribution in [2.24, 2.45) is 0 Å². The first-order valence-corrected chi connectivity index (χ1v) is 7.22. The number of anilines is 1. The van der Waals surface area contributed by atoms with E-state index in [9.17, 15) is 4.79 Å². The predicted molar refractivity (Wildman–Crippen MR) is 77.8 cm³/mol. The fourth-order valence-corrected chi connectivity index (χ4v) is 2.98. The molecule has 98 valence electrons. The molecule has 2 rings (SSSR count). The highest BCUT2D eigenvalue weighted by Crippen LogP contribution is 2.24. The Balaban J connectivity index is 2.07. The summed E-state index contributed by atoms with van der Waals surface area (Å²) >= 11 is 3.41. The van der Waals surface area contributed by atoms with Crippen LogP contribution in [0.5, 0.6) is 0 Å². The van der Waals surface area contributed by atoms with Crippen LogP contribution in [0.15, 0.2) is 28.7 Å². The van der Waals surface area contributed by atoms with E-state index in [2.05, 4.69) is 35.1 Å². The zero-order valence-electron chi connectivity index (χ0n) is 10.8. The quantitative estimate of drug-likeness (QED) is 0.826. The largest absolute Gasteiger partial charge is 0.322 e. The van der Waals surface area contributed by atoms with E-state index >= 15 is 0 Å². The van der Waals surface area contributed by atoms with E-state index in [1.54, 1.807) is 0 Å². The van der Waals surface area contributed by atoms with Gasteiger partial charge in [-0.25, -0.2) is 4.79 Å². The fraction of sp³-hybridized carbons (Fsp3) is 0.500. The number of benzene rings is 1. The van der Waals surface area contributed by atoms with Gasteiger partial charge in [0, 0.05) is 22.2 Å². The molecule has 1 aliphatic rings. The summed E-state index contributed by atoms with van der Waals surface area (Å²) in [6, 6.07) is 8.33. The van der Waals surface area contributed by atoms with Crippen LogP contribution in [0.3, 0.4) is 0 Å². The topological polar surface area (TPSA) is 32.3 Å². The highest BCUT2D eigenvalue weighted by molar-refractivity contribution is 9.10. The molecule has 2 atom stereocenters. The molecule has 1 aliphatic heterocycles. The second kappa shape index (κ2) is 5.74. The lowest BCUT2D eigenvalue weighted by Gasteiger charge is -2.38. The molecule has 0 radical (unpaired) electrons. The molecule has 1 N–H and O–H groups in total. The Morgan fingerprint density at radius 2 is 2.00 bits per heavy atom. The third-order valence-corrected chi connectivity index (χ3v) is 4.00. The smallest absolute Gasteiger partial charge is 0.319 e. The fourth-order valence-electron chi connectivity index (χ4n) is 2.58. The highest BCUT2D eigenvalue weighted by Gasteiger charge is 2.28. The summed E-state index contributed by atoms with van der Waals surface area (Å²) < 4.78 is 0.972. The number of halogens is 1. The molecule has 4 heteroatoms. The lowest BCUT2D eigenvalue weighted by Crippen LogP contribution is -2.49. The average molecular weight is 311 g/mol. The molecular weight excluding hydrogens is 292 g/mol. The molecule has 0 saturated carbocycles. The molecule has 1 heterocycles. The lowest BCUT2D eigenvalue weighted by molar-refractivity contribution is 0.133. The number of carbonyl (C=O) groups excluding carboxylic acids is 1. The van der Waals surface area contributed by atoms with E-state index in [1.165, 1.54) is 6.42 Å². The van der Waals surface area contributed by atoms with Crippen molar-refractivity contribution in [2.45, 2.75) is 45.2 Å². The lowest BCUT2D eigenvalue weighted by atomic mass is 9.98. The van der Waals surface area contributed by atoms with Crippen molar-refractivity contribution in [2.75, 3.05) is 5.32 Å². The summed E-state index contributed by atoms with van der Waals surface area (Å²) in [5.74, 6) is 0. The molecule has 2 amide bonds. The Bertz CT molecular complexity index is 426. The van der Waals surface area contributed by atoms with Crippen LogP contribution in [0.2, 0.25) is 0 Å². The number of nitrogens with zero attached hydrogens (tertiary/aromatic N) is 1. The summed E-state index contributed by atoms with van der Waals surface area (Å²) in [5.41, 5.74) is 0.833. The van der Waals surface area contributed by atoms with E-state index < -0.39 is 0 Å². The van der Waals surface area contributed by atoms with Crippen molar-refractivity contribution < 1.29 is 4.79 Å². The van der Waals surface area contributed by atoms with Gasteiger partial charge in [0.1, 0.15) is 0 Å².